The topological polar surface area (TPSA) is 24.9 Å². The van der Waals surface area contributed by atoms with Crippen LogP contribution in [0.3, 0.4) is 0 Å². The van der Waals surface area contributed by atoms with Crippen LogP contribution in [0, 0.1) is 0 Å². The number of nitrogens with one attached hydrogen (secondary N) is 1. The van der Waals surface area contributed by atoms with Crippen LogP contribution < -0.4 is 3.53 Å². The fourth-order valence-electron chi connectivity index (χ4n) is 1.52. The molecule has 1 heterocycles. The molecule has 0 saturated heterocycles. The molecule has 0 radical (unpaired) electrons. The first-order valence-electron chi connectivity index (χ1n) is 5.20. The van der Waals surface area contributed by atoms with E-state index < -0.39 is 0 Å². The number of pyridine rings is 1. The molecule has 0 bridgehead atoms. The molecule has 1 atom stereocenters. The lowest BCUT2D eigenvalue weighted by Gasteiger charge is -2.09. The van der Waals surface area contributed by atoms with Crippen LogP contribution in [0.5, 0.6) is 0 Å². The van der Waals surface area contributed by atoms with E-state index in [4.69, 9.17) is 0 Å². The van der Waals surface area contributed by atoms with Gasteiger partial charge in [-0.3, -0.25) is 8.51 Å². The van der Waals surface area contributed by atoms with Gasteiger partial charge in [-0.2, -0.15) is 0 Å². The predicted octanol–water partition coefficient (Wildman–Crippen LogP) is 3.75. The van der Waals surface area contributed by atoms with E-state index in [0.29, 0.717) is 0 Å². The van der Waals surface area contributed by atoms with Crippen molar-refractivity contribution in [3.05, 3.63) is 54.2 Å². The maximum atomic E-state index is 4.65. The Labute approximate surface area is 110 Å². The standard InChI is InChI=1S/C13H13IN2/c1-10(16-14)12-8-5-9-13(15-12)11-6-3-2-4-7-11/h2-10,16H,1H3/t10-/m0/s1. The van der Waals surface area contributed by atoms with Gasteiger partial charge in [-0.25, -0.2) is 0 Å². The van der Waals surface area contributed by atoms with Crippen molar-refractivity contribution in [3.63, 3.8) is 0 Å². The van der Waals surface area contributed by atoms with Gasteiger partial charge in [0.1, 0.15) is 0 Å². The zero-order chi connectivity index (χ0) is 11.4. The Bertz CT molecular complexity index is 456. The molecule has 16 heavy (non-hydrogen) atoms. The number of halogens is 1. The lowest BCUT2D eigenvalue weighted by atomic mass is 10.1. The van der Waals surface area contributed by atoms with E-state index in [0.717, 1.165) is 17.0 Å². The average Bonchev–Trinajstić information content (AvgIpc) is 2.39. The summed E-state index contributed by atoms with van der Waals surface area (Å²) in [7, 11) is 0. The number of nitrogens with zero attached hydrogens (tertiary/aromatic N) is 1. The minimum Gasteiger partial charge on any atom is -0.252 e. The van der Waals surface area contributed by atoms with Gasteiger partial charge in [0.25, 0.3) is 0 Å². The molecule has 0 unspecified atom stereocenters. The third kappa shape index (κ3) is 2.59. The van der Waals surface area contributed by atoms with Crippen LogP contribution in [0.25, 0.3) is 11.3 Å². The smallest absolute Gasteiger partial charge is 0.0706 e. The Morgan fingerprint density at radius 3 is 2.50 bits per heavy atom. The molecule has 2 nitrogen and oxygen atoms in total. The quantitative estimate of drug-likeness (QED) is 0.687. The first-order chi connectivity index (χ1) is 7.81. The summed E-state index contributed by atoms with van der Waals surface area (Å²) in [5.41, 5.74) is 3.25. The molecule has 1 N–H and O–H groups in total. The Balaban J connectivity index is 2.36. The SMILES string of the molecule is C[C@H](NI)c1cccc(-c2ccccc2)n1. The summed E-state index contributed by atoms with van der Waals surface area (Å²) in [4.78, 5) is 4.65. The second-order valence-corrected chi connectivity index (χ2v) is 4.27. The van der Waals surface area contributed by atoms with Gasteiger partial charge in [-0.1, -0.05) is 36.4 Å². The number of benzene rings is 1. The average molecular weight is 324 g/mol. The molecule has 0 aliphatic heterocycles. The van der Waals surface area contributed by atoms with Gasteiger partial charge in [0, 0.05) is 28.4 Å². The van der Waals surface area contributed by atoms with Gasteiger partial charge in [-0.15, -0.1) is 0 Å². The minimum atomic E-state index is 0.268. The molecule has 0 amide bonds. The lowest BCUT2D eigenvalue weighted by molar-refractivity contribution is 0.747. The normalized spacial score (nSPS) is 12.4. The van der Waals surface area contributed by atoms with Crippen LogP contribution in [-0.2, 0) is 0 Å². The number of aromatic nitrogens is 1. The van der Waals surface area contributed by atoms with Crippen molar-refractivity contribution in [2.45, 2.75) is 13.0 Å². The molecular weight excluding hydrogens is 311 g/mol. The zero-order valence-electron chi connectivity index (χ0n) is 9.02. The molecule has 2 aromatic rings. The summed E-state index contributed by atoms with van der Waals surface area (Å²) >= 11 is 2.15. The van der Waals surface area contributed by atoms with Crippen LogP contribution in [0.1, 0.15) is 18.7 Å². The minimum absolute atomic E-state index is 0.268. The van der Waals surface area contributed by atoms with Crippen molar-refractivity contribution in [3.8, 4) is 11.3 Å². The van der Waals surface area contributed by atoms with E-state index in [-0.39, 0.29) is 6.04 Å². The zero-order valence-corrected chi connectivity index (χ0v) is 11.2. The van der Waals surface area contributed by atoms with E-state index in [1.807, 2.05) is 30.3 Å². The van der Waals surface area contributed by atoms with Crippen LogP contribution >= 0.6 is 22.9 Å². The summed E-state index contributed by atoms with van der Waals surface area (Å²) in [6.07, 6.45) is 0. The Hall–Kier alpha value is -0.940. The highest BCUT2D eigenvalue weighted by molar-refractivity contribution is 14.1. The van der Waals surface area contributed by atoms with E-state index in [2.05, 4.69) is 56.5 Å². The number of hydrogen-bond acceptors (Lipinski definition) is 2. The molecule has 0 saturated carbocycles. The van der Waals surface area contributed by atoms with Crippen LogP contribution in [0.15, 0.2) is 48.5 Å². The van der Waals surface area contributed by atoms with E-state index in [1.165, 1.54) is 0 Å². The first kappa shape index (κ1) is 11.5. The van der Waals surface area contributed by atoms with Crippen molar-refractivity contribution in [2.75, 3.05) is 0 Å². The maximum absolute atomic E-state index is 4.65. The van der Waals surface area contributed by atoms with Gasteiger partial charge in [0.2, 0.25) is 0 Å². The highest BCUT2D eigenvalue weighted by atomic mass is 127. The molecule has 1 aromatic heterocycles. The molecule has 1 aromatic carbocycles. The predicted molar refractivity (Wildman–Crippen MR) is 75.2 cm³/mol. The molecule has 3 heteroatoms. The molecule has 0 fully saturated rings. The molecular formula is C13H13IN2. The van der Waals surface area contributed by atoms with Gasteiger partial charge >= 0.3 is 0 Å². The van der Waals surface area contributed by atoms with Crippen molar-refractivity contribution in [1.82, 2.24) is 8.51 Å². The molecule has 0 spiro atoms. The fourth-order valence-corrected chi connectivity index (χ4v) is 1.84. The van der Waals surface area contributed by atoms with Crippen LogP contribution in [0.4, 0.5) is 0 Å². The highest BCUT2D eigenvalue weighted by Crippen LogP contribution is 2.19. The Kier molecular flexibility index (Phi) is 3.90. The van der Waals surface area contributed by atoms with Crippen LogP contribution in [0.2, 0.25) is 0 Å². The molecule has 0 aliphatic carbocycles. The Morgan fingerprint density at radius 1 is 1.06 bits per heavy atom. The molecule has 0 aliphatic rings. The van der Waals surface area contributed by atoms with Crippen molar-refractivity contribution >= 4 is 22.9 Å². The summed E-state index contributed by atoms with van der Waals surface area (Å²) in [6, 6.07) is 16.6. The first-order valence-corrected chi connectivity index (χ1v) is 6.27. The Morgan fingerprint density at radius 2 is 1.81 bits per heavy atom. The van der Waals surface area contributed by atoms with Gasteiger partial charge < -0.3 is 0 Å². The van der Waals surface area contributed by atoms with Crippen molar-refractivity contribution < 1.29 is 0 Å². The lowest BCUT2D eigenvalue weighted by Crippen LogP contribution is -2.08. The van der Waals surface area contributed by atoms with Crippen molar-refractivity contribution in [2.24, 2.45) is 0 Å². The second kappa shape index (κ2) is 5.41. The summed E-state index contributed by atoms with van der Waals surface area (Å²) < 4.78 is 3.17. The van der Waals surface area contributed by atoms with Crippen LogP contribution in [-0.4, -0.2) is 4.98 Å². The van der Waals surface area contributed by atoms with Gasteiger partial charge in [-0.05, 0) is 19.1 Å². The molecule has 82 valence electrons. The number of hydrogen-bond donors (Lipinski definition) is 1. The van der Waals surface area contributed by atoms with E-state index in [1.54, 1.807) is 0 Å². The van der Waals surface area contributed by atoms with Gasteiger partial charge in [0.15, 0.2) is 0 Å². The molecule has 2 rings (SSSR count). The third-order valence-electron chi connectivity index (χ3n) is 2.45. The second-order valence-electron chi connectivity index (χ2n) is 3.64. The summed E-state index contributed by atoms with van der Waals surface area (Å²) in [6.45, 7) is 2.10. The fraction of sp³-hybridized carbons (Fsp3) is 0.154. The van der Waals surface area contributed by atoms with E-state index >= 15 is 0 Å². The largest absolute Gasteiger partial charge is 0.252 e. The van der Waals surface area contributed by atoms with E-state index in [9.17, 15) is 0 Å². The van der Waals surface area contributed by atoms with Gasteiger partial charge in [0.05, 0.1) is 17.4 Å². The third-order valence-corrected chi connectivity index (χ3v) is 3.38. The summed E-state index contributed by atoms with van der Waals surface area (Å²) in [5.74, 6) is 0. The monoisotopic (exact) mass is 324 g/mol. The van der Waals surface area contributed by atoms with Crippen molar-refractivity contribution in [1.29, 1.82) is 0 Å². The maximum Gasteiger partial charge on any atom is 0.0706 e. The highest BCUT2D eigenvalue weighted by Gasteiger charge is 2.06. The number of rotatable bonds is 3. The summed E-state index contributed by atoms with van der Waals surface area (Å²) in [5, 5.41) is 0.